The number of nitrogens with one attached hydrogen (secondary N) is 1. The molecular formula is C11H16N2O2. The van der Waals surface area contributed by atoms with Crippen LogP contribution in [0.2, 0.25) is 0 Å². The number of carbonyl (C=O) groups is 1. The van der Waals surface area contributed by atoms with Crippen molar-refractivity contribution in [2.45, 2.75) is 26.8 Å². The molecule has 1 unspecified atom stereocenters. The van der Waals surface area contributed by atoms with E-state index in [4.69, 9.17) is 5.11 Å². The molecule has 1 aromatic heterocycles. The van der Waals surface area contributed by atoms with E-state index in [1.54, 1.807) is 12.1 Å². The van der Waals surface area contributed by atoms with Crippen LogP contribution in [0.25, 0.3) is 0 Å². The smallest absolute Gasteiger partial charge is 0.354 e. The molecule has 0 spiro atoms. The van der Waals surface area contributed by atoms with Gasteiger partial charge in [-0.2, -0.15) is 0 Å². The molecule has 4 nitrogen and oxygen atoms in total. The van der Waals surface area contributed by atoms with Gasteiger partial charge in [-0.3, -0.25) is 0 Å². The van der Waals surface area contributed by atoms with Crippen LogP contribution in [0, 0.1) is 5.92 Å². The van der Waals surface area contributed by atoms with Gasteiger partial charge in [0.15, 0.2) is 5.69 Å². The second-order valence-corrected chi connectivity index (χ2v) is 3.89. The fourth-order valence-corrected chi connectivity index (χ4v) is 1.03. The molecule has 4 heteroatoms. The van der Waals surface area contributed by atoms with Crippen molar-refractivity contribution in [3.05, 3.63) is 23.9 Å². The normalized spacial score (nSPS) is 12.5. The van der Waals surface area contributed by atoms with Gasteiger partial charge in [0, 0.05) is 6.04 Å². The van der Waals surface area contributed by atoms with Crippen molar-refractivity contribution < 1.29 is 9.90 Å². The molecule has 0 radical (unpaired) electrons. The van der Waals surface area contributed by atoms with Crippen molar-refractivity contribution in [1.82, 2.24) is 4.98 Å². The summed E-state index contributed by atoms with van der Waals surface area (Å²) in [5.41, 5.74) is 0.0657. The van der Waals surface area contributed by atoms with E-state index in [2.05, 4.69) is 24.1 Å². The van der Waals surface area contributed by atoms with Crippen LogP contribution in [0.4, 0.5) is 5.82 Å². The second-order valence-electron chi connectivity index (χ2n) is 3.89. The van der Waals surface area contributed by atoms with Crippen LogP contribution in [-0.4, -0.2) is 22.1 Å². The number of hydrogen-bond donors (Lipinski definition) is 2. The van der Waals surface area contributed by atoms with Crippen LogP contribution in [0.15, 0.2) is 18.2 Å². The summed E-state index contributed by atoms with van der Waals surface area (Å²) in [5, 5.41) is 11.9. The molecule has 1 atom stereocenters. The first kappa shape index (κ1) is 11.5. The minimum atomic E-state index is -1.00. The van der Waals surface area contributed by atoms with Crippen molar-refractivity contribution >= 4 is 11.8 Å². The topological polar surface area (TPSA) is 62.2 Å². The number of aromatic carboxylic acids is 1. The number of nitrogens with zero attached hydrogens (tertiary/aromatic N) is 1. The maximum absolute atomic E-state index is 10.7. The quantitative estimate of drug-likeness (QED) is 0.796. The summed E-state index contributed by atoms with van der Waals surface area (Å²) in [7, 11) is 0. The largest absolute Gasteiger partial charge is 0.477 e. The molecule has 0 bridgehead atoms. The third-order valence-corrected chi connectivity index (χ3v) is 2.34. The molecule has 0 aliphatic carbocycles. The average molecular weight is 208 g/mol. The van der Waals surface area contributed by atoms with E-state index in [0.717, 1.165) is 0 Å². The third-order valence-electron chi connectivity index (χ3n) is 2.34. The lowest BCUT2D eigenvalue weighted by molar-refractivity contribution is 0.0690. The maximum atomic E-state index is 10.7. The molecule has 0 saturated carbocycles. The van der Waals surface area contributed by atoms with Gasteiger partial charge in [-0.05, 0) is 25.0 Å². The molecule has 1 aromatic rings. The predicted molar refractivity (Wildman–Crippen MR) is 59.1 cm³/mol. The number of carboxylic acids is 1. The predicted octanol–water partition coefficient (Wildman–Crippen LogP) is 2.24. The highest BCUT2D eigenvalue weighted by atomic mass is 16.4. The molecule has 82 valence electrons. The molecule has 0 aromatic carbocycles. The summed E-state index contributed by atoms with van der Waals surface area (Å²) in [6.45, 7) is 6.23. The highest BCUT2D eigenvalue weighted by Gasteiger charge is 2.09. The molecule has 15 heavy (non-hydrogen) atoms. The Morgan fingerprint density at radius 3 is 2.60 bits per heavy atom. The SMILES string of the molecule is CC(C)C(C)Nc1cccc(C(=O)O)n1. The minimum absolute atomic E-state index is 0.0657. The monoisotopic (exact) mass is 208 g/mol. The van der Waals surface area contributed by atoms with Crippen LogP contribution < -0.4 is 5.32 Å². The molecule has 1 heterocycles. The van der Waals surface area contributed by atoms with Crippen LogP contribution in [-0.2, 0) is 0 Å². The number of hydrogen-bond acceptors (Lipinski definition) is 3. The van der Waals surface area contributed by atoms with Crippen molar-refractivity contribution in [3.8, 4) is 0 Å². The number of carboxylic acid groups (broad SMARTS) is 1. The van der Waals surface area contributed by atoms with Crippen molar-refractivity contribution in [3.63, 3.8) is 0 Å². The van der Waals surface area contributed by atoms with Gasteiger partial charge in [0.25, 0.3) is 0 Å². The van der Waals surface area contributed by atoms with E-state index in [-0.39, 0.29) is 11.7 Å². The van der Waals surface area contributed by atoms with E-state index in [1.807, 2.05) is 6.92 Å². The lowest BCUT2D eigenvalue weighted by Gasteiger charge is -2.17. The molecule has 0 saturated heterocycles. The summed E-state index contributed by atoms with van der Waals surface area (Å²) < 4.78 is 0. The lowest BCUT2D eigenvalue weighted by atomic mass is 10.1. The zero-order valence-corrected chi connectivity index (χ0v) is 9.19. The van der Waals surface area contributed by atoms with Crippen LogP contribution in [0.3, 0.4) is 0 Å². The second kappa shape index (κ2) is 4.77. The average Bonchev–Trinajstić information content (AvgIpc) is 2.18. The number of anilines is 1. The lowest BCUT2D eigenvalue weighted by Crippen LogP contribution is -2.22. The summed E-state index contributed by atoms with van der Waals surface area (Å²) in [5.74, 6) is 0.0761. The van der Waals surface area contributed by atoms with E-state index in [9.17, 15) is 4.79 Å². The van der Waals surface area contributed by atoms with Crippen LogP contribution in [0.5, 0.6) is 0 Å². The fraction of sp³-hybridized carbons (Fsp3) is 0.455. The third kappa shape index (κ3) is 3.23. The minimum Gasteiger partial charge on any atom is -0.477 e. The van der Waals surface area contributed by atoms with E-state index in [1.165, 1.54) is 6.07 Å². The molecule has 0 amide bonds. The Hall–Kier alpha value is -1.58. The highest BCUT2D eigenvalue weighted by Crippen LogP contribution is 2.10. The van der Waals surface area contributed by atoms with Gasteiger partial charge in [0.1, 0.15) is 5.82 Å². The Morgan fingerprint density at radius 1 is 1.40 bits per heavy atom. The van der Waals surface area contributed by atoms with Gasteiger partial charge in [-0.1, -0.05) is 19.9 Å². The first-order valence-corrected chi connectivity index (χ1v) is 4.97. The van der Waals surface area contributed by atoms with Crippen LogP contribution >= 0.6 is 0 Å². The van der Waals surface area contributed by atoms with Gasteiger partial charge < -0.3 is 10.4 Å². The van der Waals surface area contributed by atoms with Crippen LogP contribution in [0.1, 0.15) is 31.3 Å². The molecular weight excluding hydrogens is 192 g/mol. The Balaban J connectivity index is 2.78. The number of rotatable bonds is 4. The maximum Gasteiger partial charge on any atom is 0.354 e. The Morgan fingerprint density at radius 2 is 2.07 bits per heavy atom. The fourth-order valence-electron chi connectivity index (χ4n) is 1.03. The van der Waals surface area contributed by atoms with Crippen molar-refractivity contribution in [2.75, 3.05) is 5.32 Å². The zero-order valence-electron chi connectivity index (χ0n) is 9.19. The Bertz CT molecular complexity index is 350. The summed E-state index contributed by atoms with van der Waals surface area (Å²) >= 11 is 0. The molecule has 0 fully saturated rings. The highest BCUT2D eigenvalue weighted by molar-refractivity contribution is 5.85. The summed E-state index contributed by atoms with van der Waals surface area (Å²) in [6.07, 6.45) is 0. The van der Waals surface area contributed by atoms with Crippen molar-refractivity contribution in [2.24, 2.45) is 5.92 Å². The van der Waals surface area contributed by atoms with Gasteiger partial charge in [0.05, 0.1) is 0 Å². The van der Waals surface area contributed by atoms with Gasteiger partial charge >= 0.3 is 5.97 Å². The molecule has 0 aliphatic rings. The zero-order chi connectivity index (χ0) is 11.4. The van der Waals surface area contributed by atoms with Crippen molar-refractivity contribution in [1.29, 1.82) is 0 Å². The summed E-state index contributed by atoms with van der Waals surface area (Å²) in [6, 6.07) is 5.20. The van der Waals surface area contributed by atoms with Gasteiger partial charge in [-0.15, -0.1) is 0 Å². The first-order chi connectivity index (χ1) is 7.00. The van der Waals surface area contributed by atoms with E-state index < -0.39 is 5.97 Å². The van der Waals surface area contributed by atoms with E-state index >= 15 is 0 Å². The molecule has 2 N–H and O–H groups in total. The Kier molecular flexibility index (Phi) is 3.66. The standard InChI is InChI=1S/C11H16N2O2/c1-7(2)8(3)12-10-6-4-5-9(13-10)11(14)15/h4-8H,1-3H3,(H,12,13)(H,14,15). The molecule has 0 aliphatic heterocycles. The van der Waals surface area contributed by atoms with Gasteiger partial charge in [-0.25, -0.2) is 9.78 Å². The Labute approximate surface area is 89.3 Å². The van der Waals surface area contributed by atoms with E-state index in [0.29, 0.717) is 11.7 Å². The number of pyridine rings is 1. The number of aromatic nitrogens is 1. The van der Waals surface area contributed by atoms with Gasteiger partial charge in [0.2, 0.25) is 0 Å². The first-order valence-electron chi connectivity index (χ1n) is 4.97. The summed E-state index contributed by atoms with van der Waals surface area (Å²) in [4.78, 5) is 14.7. The molecule has 1 rings (SSSR count).